The van der Waals surface area contributed by atoms with Crippen molar-refractivity contribution in [3.63, 3.8) is 0 Å². The van der Waals surface area contributed by atoms with Crippen molar-refractivity contribution in [2.24, 2.45) is 5.10 Å². The first-order valence-corrected chi connectivity index (χ1v) is 9.42. The smallest absolute Gasteiger partial charge is 0.345 e. The Morgan fingerprint density at radius 3 is 2.17 bits per heavy atom. The predicted molar refractivity (Wildman–Crippen MR) is 114 cm³/mol. The molecule has 0 aliphatic rings. The van der Waals surface area contributed by atoms with Crippen LogP contribution in [0, 0.1) is 0 Å². The van der Waals surface area contributed by atoms with E-state index in [1.165, 1.54) is 18.3 Å². The summed E-state index contributed by atoms with van der Waals surface area (Å²) in [4.78, 5) is 24.2. The number of nitrogens with zero attached hydrogens (tertiary/aromatic N) is 1. The van der Waals surface area contributed by atoms with E-state index in [0.29, 0.717) is 26.9 Å². The van der Waals surface area contributed by atoms with Crippen LogP contribution in [-0.4, -0.2) is 18.1 Å². The van der Waals surface area contributed by atoms with Gasteiger partial charge in [0.25, 0.3) is 5.91 Å². The standard InChI is InChI=1S/C21H13Cl3N2O3/c22-15-5-3-14(4-6-15)20(27)26-25-12-13-1-8-17(9-2-13)29-21(28)18-10-7-16(23)11-19(18)24/h1-12H,(H,26,27). The van der Waals surface area contributed by atoms with Gasteiger partial charge in [0, 0.05) is 15.6 Å². The Kier molecular flexibility index (Phi) is 6.88. The van der Waals surface area contributed by atoms with Crippen LogP contribution >= 0.6 is 34.8 Å². The van der Waals surface area contributed by atoms with E-state index in [1.807, 2.05) is 0 Å². The first-order valence-electron chi connectivity index (χ1n) is 8.28. The van der Waals surface area contributed by atoms with Crippen LogP contribution in [0.25, 0.3) is 0 Å². The van der Waals surface area contributed by atoms with Gasteiger partial charge in [-0.05, 0) is 72.3 Å². The van der Waals surface area contributed by atoms with E-state index in [4.69, 9.17) is 39.5 Å². The van der Waals surface area contributed by atoms with E-state index in [-0.39, 0.29) is 16.5 Å². The fourth-order valence-corrected chi connectivity index (χ4v) is 2.88. The highest BCUT2D eigenvalue weighted by Crippen LogP contribution is 2.23. The van der Waals surface area contributed by atoms with Gasteiger partial charge in [-0.25, -0.2) is 10.2 Å². The zero-order valence-electron chi connectivity index (χ0n) is 14.7. The lowest BCUT2D eigenvalue weighted by Gasteiger charge is -2.06. The Bertz CT molecular complexity index is 1070. The molecular formula is C21H13Cl3N2O3. The van der Waals surface area contributed by atoms with Gasteiger partial charge >= 0.3 is 5.97 Å². The molecule has 0 unspecified atom stereocenters. The Hall–Kier alpha value is -2.86. The molecule has 29 heavy (non-hydrogen) atoms. The lowest BCUT2D eigenvalue weighted by molar-refractivity contribution is 0.0734. The number of ether oxygens (including phenoxy) is 1. The number of rotatable bonds is 5. The van der Waals surface area contributed by atoms with Crippen LogP contribution in [0.1, 0.15) is 26.3 Å². The maximum absolute atomic E-state index is 12.2. The van der Waals surface area contributed by atoms with Gasteiger partial charge in [0.2, 0.25) is 0 Å². The molecule has 0 aliphatic carbocycles. The number of carbonyl (C=O) groups is 2. The summed E-state index contributed by atoms with van der Waals surface area (Å²) < 4.78 is 5.29. The number of hydrazone groups is 1. The molecule has 0 heterocycles. The fourth-order valence-electron chi connectivity index (χ4n) is 2.27. The SMILES string of the molecule is O=C(NN=Cc1ccc(OC(=O)c2ccc(Cl)cc2Cl)cc1)c1ccc(Cl)cc1. The molecule has 3 rings (SSSR count). The van der Waals surface area contributed by atoms with Gasteiger partial charge in [0.15, 0.2) is 0 Å². The molecule has 0 aromatic heterocycles. The molecule has 8 heteroatoms. The maximum atomic E-state index is 12.2. The summed E-state index contributed by atoms with van der Waals surface area (Å²) in [6.07, 6.45) is 1.47. The van der Waals surface area contributed by atoms with Crippen LogP contribution in [0.3, 0.4) is 0 Å². The summed E-state index contributed by atoms with van der Waals surface area (Å²) in [5.74, 6) is -0.616. The number of hydrogen-bond donors (Lipinski definition) is 1. The van der Waals surface area contributed by atoms with E-state index in [0.717, 1.165) is 0 Å². The minimum atomic E-state index is -0.594. The molecular weight excluding hydrogens is 435 g/mol. The Morgan fingerprint density at radius 2 is 1.52 bits per heavy atom. The zero-order valence-corrected chi connectivity index (χ0v) is 17.0. The van der Waals surface area contributed by atoms with E-state index in [9.17, 15) is 9.59 Å². The molecule has 0 aliphatic heterocycles. The summed E-state index contributed by atoms with van der Waals surface area (Å²) in [5, 5.41) is 5.09. The van der Waals surface area contributed by atoms with Crippen molar-refractivity contribution in [1.82, 2.24) is 5.43 Å². The number of amides is 1. The molecule has 0 radical (unpaired) electrons. The second kappa shape index (κ2) is 9.56. The topological polar surface area (TPSA) is 67.8 Å². The molecule has 1 amide bonds. The van der Waals surface area contributed by atoms with Gasteiger partial charge in [-0.1, -0.05) is 34.8 Å². The Morgan fingerprint density at radius 1 is 0.862 bits per heavy atom. The predicted octanol–water partition coefficient (Wildman–Crippen LogP) is 5.63. The van der Waals surface area contributed by atoms with Crippen LogP contribution in [0.4, 0.5) is 0 Å². The number of hydrogen-bond acceptors (Lipinski definition) is 4. The van der Waals surface area contributed by atoms with E-state index in [1.54, 1.807) is 54.6 Å². The molecule has 0 bridgehead atoms. The van der Waals surface area contributed by atoms with Crippen LogP contribution in [0.2, 0.25) is 15.1 Å². The first kappa shape index (κ1) is 20.9. The molecule has 0 spiro atoms. The van der Waals surface area contributed by atoms with Gasteiger partial charge < -0.3 is 4.74 Å². The second-order valence-corrected chi connectivity index (χ2v) is 7.07. The van der Waals surface area contributed by atoms with Gasteiger partial charge in [-0.2, -0.15) is 5.10 Å². The van der Waals surface area contributed by atoms with Gasteiger partial charge in [0.05, 0.1) is 16.8 Å². The number of benzene rings is 3. The highest BCUT2D eigenvalue weighted by molar-refractivity contribution is 6.36. The molecule has 146 valence electrons. The summed E-state index contributed by atoms with van der Waals surface area (Å²) in [6, 6.07) is 17.5. The average Bonchev–Trinajstić information content (AvgIpc) is 2.69. The third kappa shape index (κ3) is 5.81. The van der Waals surface area contributed by atoms with Crippen molar-refractivity contribution in [3.8, 4) is 5.75 Å². The molecule has 0 saturated heterocycles. The summed E-state index contributed by atoms with van der Waals surface area (Å²) in [5.41, 5.74) is 3.78. The van der Waals surface area contributed by atoms with Gasteiger partial charge in [-0.15, -0.1) is 0 Å². The first-order chi connectivity index (χ1) is 13.9. The highest BCUT2D eigenvalue weighted by atomic mass is 35.5. The summed E-state index contributed by atoms with van der Waals surface area (Å²) in [6.45, 7) is 0. The fraction of sp³-hybridized carbons (Fsp3) is 0. The van der Waals surface area contributed by atoms with E-state index >= 15 is 0 Å². The maximum Gasteiger partial charge on any atom is 0.345 e. The average molecular weight is 448 g/mol. The van der Waals surface area contributed by atoms with Gasteiger partial charge in [-0.3, -0.25) is 4.79 Å². The van der Waals surface area contributed by atoms with E-state index in [2.05, 4.69) is 10.5 Å². The van der Waals surface area contributed by atoms with Crippen LogP contribution < -0.4 is 10.2 Å². The number of esters is 1. The normalized spacial score (nSPS) is 10.7. The summed E-state index contributed by atoms with van der Waals surface area (Å²) >= 11 is 17.6. The third-order valence-electron chi connectivity index (χ3n) is 3.73. The van der Waals surface area contributed by atoms with Crippen LogP contribution in [0.15, 0.2) is 71.8 Å². The highest BCUT2D eigenvalue weighted by Gasteiger charge is 2.13. The molecule has 0 saturated carbocycles. The minimum Gasteiger partial charge on any atom is -0.423 e. The van der Waals surface area contributed by atoms with Crippen molar-refractivity contribution in [3.05, 3.63) is 98.5 Å². The summed E-state index contributed by atoms with van der Waals surface area (Å²) in [7, 11) is 0. The van der Waals surface area contributed by atoms with Crippen molar-refractivity contribution >= 4 is 52.9 Å². The number of halogens is 3. The minimum absolute atomic E-state index is 0.211. The van der Waals surface area contributed by atoms with Crippen LogP contribution in [-0.2, 0) is 0 Å². The van der Waals surface area contributed by atoms with Crippen molar-refractivity contribution in [1.29, 1.82) is 0 Å². The lowest BCUT2D eigenvalue weighted by Crippen LogP contribution is -2.17. The molecule has 5 nitrogen and oxygen atoms in total. The Labute approximate surface area is 181 Å². The van der Waals surface area contributed by atoms with Crippen molar-refractivity contribution < 1.29 is 14.3 Å². The van der Waals surface area contributed by atoms with E-state index < -0.39 is 5.97 Å². The van der Waals surface area contributed by atoms with Gasteiger partial charge in [0.1, 0.15) is 5.75 Å². The van der Waals surface area contributed by atoms with Crippen molar-refractivity contribution in [2.45, 2.75) is 0 Å². The number of carbonyl (C=O) groups excluding carboxylic acids is 2. The van der Waals surface area contributed by atoms with Crippen LogP contribution in [0.5, 0.6) is 5.75 Å². The monoisotopic (exact) mass is 446 g/mol. The molecule has 0 atom stereocenters. The molecule has 3 aromatic rings. The molecule has 0 fully saturated rings. The Balaban J connectivity index is 1.58. The zero-order chi connectivity index (χ0) is 20.8. The lowest BCUT2D eigenvalue weighted by atomic mass is 10.2. The van der Waals surface area contributed by atoms with Crippen molar-refractivity contribution in [2.75, 3.05) is 0 Å². The quantitative estimate of drug-likeness (QED) is 0.238. The number of nitrogens with one attached hydrogen (secondary N) is 1. The largest absolute Gasteiger partial charge is 0.423 e. The third-order valence-corrected chi connectivity index (χ3v) is 4.53. The molecule has 1 N–H and O–H groups in total. The second-order valence-electron chi connectivity index (χ2n) is 5.79. The molecule has 3 aromatic carbocycles.